The van der Waals surface area contributed by atoms with Crippen molar-refractivity contribution in [2.45, 2.75) is 6.61 Å². The SMILES string of the molecule is N#Cc1cc(C(=O)O)c(OS(=O)(=O)F)cc1NC(=O)OCc1ccccc1. The van der Waals surface area contributed by atoms with Gasteiger partial charge in [-0.3, -0.25) is 5.32 Å². The van der Waals surface area contributed by atoms with Crippen molar-refractivity contribution in [3.8, 4) is 11.8 Å². The van der Waals surface area contributed by atoms with E-state index in [1.54, 1.807) is 36.4 Å². The van der Waals surface area contributed by atoms with E-state index in [0.717, 1.165) is 6.07 Å². The first-order valence-electron chi connectivity index (χ1n) is 7.13. The first-order valence-corrected chi connectivity index (χ1v) is 8.43. The van der Waals surface area contributed by atoms with E-state index in [9.17, 15) is 21.9 Å². The number of benzene rings is 2. The minimum absolute atomic E-state index is 0.0933. The number of rotatable bonds is 6. The van der Waals surface area contributed by atoms with Gasteiger partial charge in [-0.15, -0.1) is 0 Å². The van der Waals surface area contributed by atoms with Crippen molar-refractivity contribution >= 4 is 28.3 Å². The van der Waals surface area contributed by atoms with Crippen LogP contribution in [0.2, 0.25) is 0 Å². The summed E-state index contributed by atoms with van der Waals surface area (Å²) in [5, 5.41) is 20.3. The number of anilines is 1. The summed E-state index contributed by atoms with van der Waals surface area (Å²) in [6.07, 6.45) is -1.01. The molecule has 0 aromatic heterocycles. The molecule has 11 heteroatoms. The number of carbonyl (C=O) groups excluding carboxylic acids is 1. The van der Waals surface area contributed by atoms with Crippen LogP contribution in [-0.2, 0) is 21.8 Å². The zero-order valence-electron chi connectivity index (χ0n) is 13.4. The number of hydrogen-bond acceptors (Lipinski definition) is 7. The van der Waals surface area contributed by atoms with Crippen LogP contribution >= 0.6 is 0 Å². The zero-order chi connectivity index (χ0) is 20.0. The second-order valence-electron chi connectivity index (χ2n) is 4.97. The third-order valence-electron chi connectivity index (χ3n) is 3.11. The molecule has 140 valence electrons. The van der Waals surface area contributed by atoms with Gasteiger partial charge in [-0.2, -0.15) is 13.7 Å². The normalized spacial score (nSPS) is 10.5. The van der Waals surface area contributed by atoms with Gasteiger partial charge in [0.15, 0.2) is 5.75 Å². The topological polar surface area (TPSA) is 143 Å². The van der Waals surface area contributed by atoms with Gasteiger partial charge in [-0.1, -0.05) is 34.2 Å². The number of nitrogens with one attached hydrogen (secondary N) is 1. The molecule has 0 bridgehead atoms. The third-order valence-corrected chi connectivity index (χ3v) is 3.49. The molecule has 1 amide bonds. The van der Waals surface area contributed by atoms with Crippen molar-refractivity contribution in [1.29, 1.82) is 5.26 Å². The summed E-state index contributed by atoms with van der Waals surface area (Å²) in [6.45, 7) is -0.0933. The monoisotopic (exact) mass is 394 g/mol. The van der Waals surface area contributed by atoms with Crippen LogP contribution in [0.25, 0.3) is 0 Å². The van der Waals surface area contributed by atoms with E-state index in [1.165, 1.54) is 0 Å². The maximum absolute atomic E-state index is 12.8. The van der Waals surface area contributed by atoms with Gasteiger partial charge in [0.2, 0.25) is 0 Å². The maximum Gasteiger partial charge on any atom is 0.488 e. The Morgan fingerprint density at radius 2 is 1.89 bits per heavy atom. The quantitative estimate of drug-likeness (QED) is 0.712. The Balaban J connectivity index is 2.26. The summed E-state index contributed by atoms with van der Waals surface area (Å²) in [6, 6.07) is 11.7. The fourth-order valence-corrected chi connectivity index (χ4v) is 2.34. The number of halogens is 1. The van der Waals surface area contributed by atoms with Gasteiger partial charge in [0, 0.05) is 6.07 Å². The minimum Gasteiger partial charge on any atom is -0.478 e. The second-order valence-corrected chi connectivity index (χ2v) is 5.93. The largest absolute Gasteiger partial charge is 0.488 e. The highest BCUT2D eigenvalue weighted by Gasteiger charge is 2.22. The third kappa shape index (κ3) is 5.68. The number of carboxylic acids is 1. The molecule has 2 aromatic rings. The average Bonchev–Trinajstić information content (AvgIpc) is 2.59. The Labute approximate surface area is 153 Å². The van der Waals surface area contributed by atoms with Crippen molar-refractivity contribution in [2.75, 3.05) is 5.32 Å². The molecule has 0 aliphatic carbocycles. The number of nitriles is 1. The Bertz CT molecular complexity index is 1020. The number of carboxylic acid groups (broad SMARTS) is 1. The number of ether oxygens (including phenoxy) is 1. The highest BCUT2D eigenvalue weighted by Crippen LogP contribution is 2.29. The van der Waals surface area contributed by atoms with Crippen molar-refractivity contribution in [1.82, 2.24) is 0 Å². The lowest BCUT2D eigenvalue weighted by Crippen LogP contribution is -2.15. The first kappa shape index (κ1) is 19.7. The highest BCUT2D eigenvalue weighted by molar-refractivity contribution is 7.81. The maximum atomic E-state index is 12.8. The molecule has 2 aromatic carbocycles. The van der Waals surface area contributed by atoms with Gasteiger partial charge in [0.1, 0.15) is 18.2 Å². The molecular weight excluding hydrogens is 383 g/mol. The predicted molar refractivity (Wildman–Crippen MR) is 89.0 cm³/mol. The molecule has 0 heterocycles. The lowest BCUT2D eigenvalue weighted by Gasteiger charge is -2.11. The molecule has 2 rings (SSSR count). The predicted octanol–water partition coefficient (Wildman–Crippen LogP) is 2.60. The van der Waals surface area contributed by atoms with Crippen LogP contribution in [0.1, 0.15) is 21.5 Å². The Hall–Kier alpha value is -3.65. The van der Waals surface area contributed by atoms with Crippen LogP contribution in [0.4, 0.5) is 14.4 Å². The molecule has 0 fully saturated rings. The number of nitrogens with zero attached hydrogens (tertiary/aromatic N) is 1. The summed E-state index contributed by atoms with van der Waals surface area (Å²) < 4.78 is 43.0. The number of carbonyl (C=O) groups is 2. The van der Waals surface area contributed by atoms with E-state index in [4.69, 9.17) is 15.1 Å². The van der Waals surface area contributed by atoms with Crippen LogP contribution in [0.3, 0.4) is 0 Å². The zero-order valence-corrected chi connectivity index (χ0v) is 14.2. The van der Waals surface area contributed by atoms with E-state index in [2.05, 4.69) is 9.50 Å². The van der Waals surface area contributed by atoms with E-state index >= 15 is 0 Å². The van der Waals surface area contributed by atoms with Gasteiger partial charge in [-0.25, -0.2) is 9.59 Å². The summed E-state index contributed by atoms with van der Waals surface area (Å²) in [5.74, 6) is -2.58. The van der Waals surface area contributed by atoms with E-state index in [1.807, 2.05) is 0 Å². The molecule has 0 saturated heterocycles. The molecule has 9 nitrogen and oxygen atoms in total. The summed E-state index contributed by atoms with van der Waals surface area (Å²) >= 11 is 0. The average molecular weight is 394 g/mol. The highest BCUT2D eigenvalue weighted by atomic mass is 32.3. The fraction of sp³-hybridized carbons (Fsp3) is 0.0625. The van der Waals surface area contributed by atoms with E-state index < -0.39 is 33.9 Å². The Morgan fingerprint density at radius 1 is 1.22 bits per heavy atom. The van der Waals surface area contributed by atoms with Gasteiger partial charge < -0.3 is 14.0 Å². The molecule has 0 saturated carbocycles. The van der Waals surface area contributed by atoms with E-state index in [-0.39, 0.29) is 17.9 Å². The Morgan fingerprint density at radius 3 is 2.44 bits per heavy atom. The van der Waals surface area contributed by atoms with Gasteiger partial charge in [-0.05, 0) is 11.6 Å². The smallest absolute Gasteiger partial charge is 0.478 e. The van der Waals surface area contributed by atoms with Crippen molar-refractivity contribution in [2.24, 2.45) is 0 Å². The van der Waals surface area contributed by atoms with Crippen molar-refractivity contribution in [3.63, 3.8) is 0 Å². The number of hydrogen-bond donors (Lipinski definition) is 2. The van der Waals surface area contributed by atoms with Crippen molar-refractivity contribution in [3.05, 3.63) is 59.2 Å². The molecule has 0 spiro atoms. The second kappa shape index (κ2) is 8.15. The van der Waals surface area contributed by atoms with Crippen molar-refractivity contribution < 1.29 is 35.9 Å². The standard InChI is InChI=1S/C16H11FN2O7S/c17-27(23,24)26-14-7-13(11(8-18)6-12(14)15(20)21)19-16(22)25-9-10-4-2-1-3-5-10/h1-7H,9H2,(H,19,22)(H,20,21). The summed E-state index contributed by atoms with van der Waals surface area (Å²) in [7, 11) is -5.53. The van der Waals surface area contributed by atoms with Crippen LogP contribution < -0.4 is 9.50 Å². The summed E-state index contributed by atoms with van der Waals surface area (Å²) in [5.41, 5.74) is -0.746. The number of aromatic carboxylic acids is 1. The van der Waals surface area contributed by atoms with Crippen LogP contribution in [0.5, 0.6) is 5.75 Å². The van der Waals surface area contributed by atoms with E-state index in [0.29, 0.717) is 11.6 Å². The Kier molecular flexibility index (Phi) is 5.94. The molecule has 0 atom stereocenters. The number of amides is 1. The molecular formula is C16H11FN2O7S. The van der Waals surface area contributed by atoms with Crippen LogP contribution in [-0.4, -0.2) is 25.6 Å². The first-order chi connectivity index (χ1) is 12.7. The molecule has 0 aliphatic heterocycles. The van der Waals surface area contributed by atoms with Gasteiger partial charge in [0.25, 0.3) is 0 Å². The van der Waals surface area contributed by atoms with Crippen LogP contribution in [0, 0.1) is 11.3 Å². The van der Waals surface area contributed by atoms with Crippen LogP contribution in [0.15, 0.2) is 42.5 Å². The fourth-order valence-electron chi connectivity index (χ4n) is 1.99. The molecule has 0 unspecified atom stereocenters. The van der Waals surface area contributed by atoms with Gasteiger partial charge in [0.05, 0.1) is 11.3 Å². The molecule has 0 aliphatic rings. The lowest BCUT2D eigenvalue weighted by atomic mass is 10.1. The minimum atomic E-state index is -5.53. The summed E-state index contributed by atoms with van der Waals surface area (Å²) in [4.78, 5) is 23.0. The molecule has 0 radical (unpaired) electrons. The van der Waals surface area contributed by atoms with Gasteiger partial charge >= 0.3 is 22.6 Å². The lowest BCUT2D eigenvalue weighted by molar-refractivity contribution is 0.0695. The molecule has 27 heavy (non-hydrogen) atoms. The molecule has 2 N–H and O–H groups in total.